The van der Waals surface area contributed by atoms with Crippen molar-refractivity contribution in [2.45, 2.75) is 39.2 Å². The summed E-state index contributed by atoms with van der Waals surface area (Å²) < 4.78 is 6.34. The molecule has 1 aromatic heterocycles. The lowest BCUT2D eigenvalue weighted by atomic mass is 9.83. The Bertz CT molecular complexity index is 975. The van der Waals surface area contributed by atoms with Crippen molar-refractivity contribution in [3.63, 3.8) is 0 Å². The van der Waals surface area contributed by atoms with Gasteiger partial charge in [0.1, 0.15) is 17.1 Å². The van der Waals surface area contributed by atoms with Gasteiger partial charge in [-0.2, -0.15) is 0 Å². The van der Waals surface area contributed by atoms with Crippen molar-refractivity contribution in [2.75, 3.05) is 0 Å². The van der Waals surface area contributed by atoms with Crippen LogP contribution in [0, 0.1) is 0 Å². The summed E-state index contributed by atoms with van der Waals surface area (Å²) >= 11 is 0. The van der Waals surface area contributed by atoms with Crippen molar-refractivity contribution in [3.05, 3.63) is 65.9 Å². The molecule has 132 valence electrons. The van der Waals surface area contributed by atoms with Crippen LogP contribution in [0.4, 0.5) is 0 Å². The maximum Gasteiger partial charge on any atom is 0.132 e. The van der Waals surface area contributed by atoms with E-state index in [1.165, 1.54) is 5.56 Å². The molecular formula is C23H23NO2. The first-order valence-electron chi connectivity index (χ1n) is 8.99. The van der Waals surface area contributed by atoms with Crippen molar-refractivity contribution < 1.29 is 9.84 Å². The van der Waals surface area contributed by atoms with Gasteiger partial charge in [-0.25, -0.2) is 0 Å². The summed E-state index contributed by atoms with van der Waals surface area (Å²) in [6.07, 6.45) is 1.75. The molecule has 0 atom stereocenters. The molecule has 3 heteroatoms. The number of hydrogen-bond donors (Lipinski definition) is 1. The van der Waals surface area contributed by atoms with Crippen LogP contribution in [0.1, 0.15) is 44.7 Å². The van der Waals surface area contributed by atoms with E-state index in [-0.39, 0.29) is 5.75 Å². The average molecular weight is 345 g/mol. The first-order valence-corrected chi connectivity index (χ1v) is 8.99. The number of phenolic OH excluding ortho intramolecular Hbond substituents is 1. The molecule has 4 rings (SSSR count). The zero-order valence-electron chi connectivity index (χ0n) is 15.6. The molecule has 0 bridgehead atoms. The predicted molar refractivity (Wildman–Crippen MR) is 105 cm³/mol. The molecule has 0 saturated heterocycles. The van der Waals surface area contributed by atoms with Crippen molar-refractivity contribution in [2.24, 2.45) is 0 Å². The van der Waals surface area contributed by atoms with Crippen molar-refractivity contribution in [1.29, 1.82) is 0 Å². The van der Waals surface area contributed by atoms with E-state index in [1.807, 2.05) is 24.3 Å². The predicted octanol–water partition coefficient (Wildman–Crippen LogP) is 5.87. The van der Waals surface area contributed by atoms with Gasteiger partial charge >= 0.3 is 0 Å². The van der Waals surface area contributed by atoms with E-state index in [0.29, 0.717) is 11.7 Å². The van der Waals surface area contributed by atoms with E-state index < -0.39 is 5.60 Å². The first-order chi connectivity index (χ1) is 12.4. The fraction of sp³-hybridized carbons (Fsp3) is 0.261. The van der Waals surface area contributed by atoms with Crippen molar-refractivity contribution in [3.8, 4) is 33.9 Å². The van der Waals surface area contributed by atoms with Gasteiger partial charge < -0.3 is 9.84 Å². The molecule has 0 fully saturated rings. The molecule has 1 aliphatic heterocycles. The molecule has 0 spiro atoms. The molecule has 0 amide bonds. The largest absolute Gasteiger partial charge is 0.507 e. The Hall–Kier alpha value is -2.81. The van der Waals surface area contributed by atoms with E-state index in [9.17, 15) is 5.11 Å². The normalized spacial score (nSPS) is 14.5. The molecule has 2 aromatic carbocycles. The first kappa shape index (κ1) is 16.6. The minimum Gasteiger partial charge on any atom is -0.507 e. The number of hydrogen-bond acceptors (Lipinski definition) is 3. The Morgan fingerprint density at radius 2 is 1.85 bits per heavy atom. The molecule has 2 heterocycles. The number of rotatable bonds is 2. The molecule has 0 aliphatic carbocycles. The highest BCUT2D eigenvalue weighted by atomic mass is 16.5. The van der Waals surface area contributed by atoms with Crippen LogP contribution >= 0.6 is 0 Å². The summed E-state index contributed by atoms with van der Waals surface area (Å²) in [6.45, 7) is 8.51. The van der Waals surface area contributed by atoms with Crippen molar-refractivity contribution >= 4 is 0 Å². The minimum absolute atomic E-state index is 0.220. The summed E-state index contributed by atoms with van der Waals surface area (Å²) in [5.74, 6) is 1.36. The molecule has 0 unspecified atom stereocenters. The van der Waals surface area contributed by atoms with Gasteiger partial charge in [0.15, 0.2) is 0 Å². The molecule has 1 N–H and O–H groups in total. The molecule has 1 aliphatic rings. The summed E-state index contributed by atoms with van der Waals surface area (Å²) in [5.41, 5.74) is 5.36. The van der Waals surface area contributed by atoms with Gasteiger partial charge in [0.2, 0.25) is 0 Å². The van der Waals surface area contributed by atoms with Gasteiger partial charge in [0, 0.05) is 17.3 Å². The lowest BCUT2D eigenvalue weighted by molar-refractivity contribution is 0.105. The molecule has 3 nitrogen and oxygen atoms in total. The van der Waals surface area contributed by atoms with Gasteiger partial charge in [-0.05, 0) is 55.2 Å². The monoisotopic (exact) mass is 345 g/mol. The van der Waals surface area contributed by atoms with E-state index in [0.717, 1.165) is 27.9 Å². The Morgan fingerprint density at radius 1 is 1.04 bits per heavy atom. The molecule has 3 aromatic rings. The highest BCUT2D eigenvalue weighted by molar-refractivity contribution is 5.85. The Balaban J connectivity index is 1.93. The van der Waals surface area contributed by atoms with Gasteiger partial charge in [0.25, 0.3) is 0 Å². The van der Waals surface area contributed by atoms with E-state index >= 15 is 0 Å². The quantitative estimate of drug-likeness (QED) is 0.631. The van der Waals surface area contributed by atoms with Crippen molar-refractivity contribution in [1.82, 2.24) is 4.98 Å². The number of ether oxygens (including phenoxy) is 1. The number of phenols is 1. The van der Waals surface area contributed by atoms with Crippen LogP contribution in [0.25, 0.3) is 22.4 Å². The van der Waals surface area contributed by atoms with E-state index in [1.54, 1.807) is 12.3 Å². The van der Waals surface area contributed by atoms with Crippen LogP contribution in [0.3, 0.4) is 0 Å². The third-order valence-electron chi connectivity index (χ3n) is 5.04. The summed E-state index contributed by atoms with van der Waals surface area (Å²) in [5, 5.41) is 10.8. The van der Waals surface area contributed by atoms with Crippen LogP contribution in [-0.2, 0) is 5.60 Å². The maximum absolute atomic E-state index is 10.8. The number of pyridine rings is 1. The standard InChI is InChI=1S/C23H23NO2/c1-14(2)15-8-9-17-18(11-15)23(3,4)26-21-13-16(12-20(25)22(17)21)19-7-5-6-10-24-19/h5-14,25H,1-4H3. The second-order valence-corrected chi connectivity index (χ2v) is 7.66. The molecule has 0 saturated carbocycles. The lowest BCUT2D eigenvalue weighted by Gasteiger charge is -2.36. The van der Waals surface area contributed by atoms with Crippen LogP contribution in [0.2, 0.25) is 0 Å². The van der Waals surface area contributed by atoms with Crippen LogP contribution < -0.4 is 4.74 Å². The van der Waals surface area contributed by atoms with Gasteiger partial charge in [-0.15, -0.1) is 0 Å². The Kier molecular flexibility index (Phi) is 3.76. The molecular weight excluding hydrogens is 322 g/mol. The number of nitrogens with zero attached hydrogens (tertiary/aromatic N) is 1. The van der Waals surface area contributed by atoms with Gasteiger partial charge in [-0.3, -0.25) is 4.98 Å². The number of aromatic hydroxyl groups is 1. The van der Waals surface area contributed by atoms with Crippen LogP contribution in [0.5, 0.6) is 11.5 Å². The van der Waals surface area contributed by atoms with E-state index in [2.05, 4.69) is 50.9 Å². The third kappa shape index (κ3) is 2.64. The zero-order chi connectivity index (χ0) is 18.5. The summed E-state index contributed by atoms with van der Waals surface area (Å²) in [7, 11) is 0. The second-order valence-electron chi connectivity index (χ2n) is 7.66. The zero-order valence-corrected chi connectivity index (χ0v) is 15.6. The fourth-order valence-corrected chi connectivity index (χ4v) is 3.60. The van der Waals surface area contributed by atoms with Crippen LogP contribution in [-0.4, -0.2) is 10.1 Å². The number of aromatic nitrogens is 1. The lowest BCUT2D eigenvalue weighted by Crippen LogP contribution is -2.29. The second kappa shape index (κ2) is 5.87. The average Bonchev–Trinajstić information content (AvgIpc) is 2.61. The van der Waals surface area contributed by atoms with E-state index in [4.69, 9.17) is 4.74 Å². The summed E-state index contributed by atoms with van der Waals surface area (Å²) in [6, 6.07) is 15.9. The van der Waals surface area contributed by atoms with Crippen LogP contribution in [0.15, 0.2) is 54.7 Å². The van der Waals surface area contributed by atoms with Gasteiger partial charge in [-0.1, -0.05) is 38.1 Å². The topological polar surface area (TPSA) is 42.4 Å². The summed E-state index contributed by atoms with van der Waals surface area (Å²) in [4.78, 5) is 4.38. The Morgan fingerprint density at radius 3 is 2.54 bits per heavy atom. The SMILES string of the molecule is CC(C)c1ccc2c(c1)C(C)(C)Oc1cc(-c3ccccn3)cc(O)c1-2. The highest BCUT2D eigenvalue weighted by Crippen LogP contribution is 2.50. The molecule has 0 radical (unpaired) electrons. The number of fused-ring (bicyclic) bond motifs is 3. The maximum atomic E-state index is 10.8. The number of benzene rings is 2. The third-order valence-corrected chi connectivity index (χ3v) is 5.04. The smallest absolute Gasteiger partial charge is 0.132 e. The highest BCUT2D eigenvalue weighted by Gasteiger charge is 2.34. The van der Waals surface area contributed by atoms with Gasteiger partial charge in [0.05, 0.1) is 11.3 Å². The minimum atomic E-state index is -0.470. The Labute approximate surface area is 154 Å². The molecule has 26 heavy (non-hydrogen) atoms. The fourth-order valence-electron chi connectivity index (χ4n) is 3.60.